The van der Waals surface area contributed by atoms with Gasteiger partial charge in [-0.3, -0.25) is 4.79 Å². The molecule has 4 rings (SSSR count). The van der Waals surface area contributed by atoms with Gasteiger partial charge < -0.3 is 9.64 Å². The van der Waals surface area contributed by atoms with E-state index in [9.17, 15) is 4.79 Å². The van der Waals surface area contributed by atoms with Crippen LogP contribution >= 0.6 is 34.8 Å². The van der Waals surface area contributed by atoms with Crippen LogP contribution in [0.2, 0.25) is 15.1 Å². The molecule has 1 amide bonds. The zero-order valence-corrected chi connectivity index (χ0v) is 20.7. The third kappa shape index (κ3) is 5.24. The number of ether oxygens (including phenoxy) is 1. The van der Waals surface area contributed by atoms with Gasteiger partial charge in [0.25, 0.3) is 5.91 Å². The molecule has 172 valence electrons. The monoisotopic (exact) mass is 504 g/mol. The maximum Gasteiger partial charge on any atom is 0.257 e. The van der Waals surface area contributed by atoms with E-state index < -0.39 is 0 Å². The zero-order chi connectivity index (χ0) is 23.7. The van der Waals surface area contributed by atoms with Crippen LogP contribution in [0.5, 0.6) is 5.88 Å². The second kappa shape index (κ2) is 9.84. The number of hydrogen-bond donors (Lipinski definition) is 0. The molecule has 6 nitrogen and oxygen atoms in total. The van der Waals surface area contributed by atoms with Gasteiger partial charge in [-0.15, -0.1) is 0 Å². The average Bonchev–Trinajstić information content (AvgIpc) is 3.22. The maximum absolute atomic E-state index is 13.4. The van der Waals surface area contributed by atoms with Crippen LogP contribution in [0.25, 0.3) is 0 Å². The highest BCUT2D eigenvalue weighted by Gasteiger charge is 2.41. The lowest BCUT2D eigenvalue weighted by molar-refractivity contribution is 0.0768. The number of carbonyl (C=O) groups is 1. The van der Waals surface area contributed by atoms with E-state index in [1.54, 1.807) is 37.5 Å². The number of likely N-dealkylation sites (tertiary alicyclic amines) is 1. The number of benzene rings is 1. The van der Waals surface area contributed by atoms with Crippen molar-refractivity contribution >= 4 is 40.7 Å². The third-order valence-corrected chi connectivity index (χ3v) is 6.93. The summed E-state index contributed by atoms with van der Waals surface area (Å²) in [7, 11) is 0. The zero-order valence-electron chi connectivity index (χ0n) is 18.4. The third-order valence-electron chi connectivity index (χ3n) is 5.96. The molecule has 0 bridgehead atoms. The minimum atomic E-state index is -0.230. The Hall–Kier alpha value is -2.41. The molecule has 0 unspecified atom stereocenters. The lowest BCUT2D eigenvalue weighted by Gasteiger charge is -2.25. The van der Waals surface area contributed by atoms with Gasteiger partial charge in [0.1, 0.15) is 11.9 Å². The summed E-state index contributed by atoms with van der Waals surface area (Å²) in [4.78, 5) is 28.0. The molecule has 3 aromatic rings. The van der Waals surface area contributed by atoms with Crippen molar-refractivity contribution in [2.24, 2.45) is 5.92 Å². The Morgan fingerprint density at radius 3 is 2.52 bits per heavy atom. The maximum atomic E-state index is 13.4. The van der Waals surface area contributed by atoms with Crippen LogP contribution in [0.1, 0.15) is 40.3 Å². The van der Waals surface area contributed by atoms with Crippen molar-refractivity contribution in [2.45, 2.75) is 32.8 Å². The van der Waals surface area contributed by atoms with Crippen molar-refractivity contribution in [2.75, 3.05) is 13.1 Å². The highest BCUT2D eigenvalue weighted by atomic mass is 35.5. The van der Waals surface area contributed by atoms with Crippen LogP contribution in [0.4, 0.5) is 0 Å². The first-order valence-corrected chi connectivity index (χ1v) is 11.7. The fourth-order valence-corrected chi connectivity index (χ4v) is 4.66. The van der Waals surface area contributed by atoms with Crippen molar-refractivity contribution in [3.05, 3.63) is 80.4 Å². The number of halogens is 3. The van der Waals surface area contributed by atoms with Crippen LogP contribution in [0.15, 0.2) is 42.7 Å². The summed E-state index contributed by atoms with van der Waals surface area (Å²) < 4.78 is 6.14. The molecule has 1 saturated heterocycles. The summed E-state index contributed by atoms with van der Waals surface area (Å²) in [6, 6.07) is 9.07. The first-order chi connectivity index (χ1) is 15.7. The van der Waals surface area contributed by atoms with Crippen molar-refractivity contribution in [1.29, 1.82) is 0 Å². The first kappa shape index (κ1) is 23.7. The average molecular weight is 506 g/mol. The summed E-state index contributed by atoms with van der Waals surface area (Å²) in [6.07, 6.45) is 2.91. The number of amides is 1. The predicted octanol–water partition coefficient (Wildman–Crippen LogP) is 5.77. The number of nitrogens with zero attached hydrogens (tertiary/aromatic N) is 4. The second-order valence-corrected chi connectivity index (χ2v) is 9.46. The van der Waals surface area contributed by atoms with E-state index in [1.165, 1.54) is 0 Å². The van der Waals surface area contributed by atoms with E-state index >= 15 is 0 Å². The molecule has 1 aromatic carbocycles. The van der Waals surface area contributed by atoms with E-state index in [0.29, 0.717) is 51.1 Å². The fraction of sp³-hybridized carbons (Fsp3) is 0.333. The number of aryl methyl sites for hydroxylation is 2. The number of pyridine rings is 1. The summed E-state index contributed by atoms with van der Waals surface area (Å²) in [5.41, 5.74) is 2.17. The molecule has 33 heavy (non-hydrogen) atoms. The Morgan fingerprint density at radius 2 is 1.85 bits per heavy atom. The molecule has 1 fully saturated rings. The van der Waals surface area contributed by atoms with Crippen LogP contribution in [-0.4, -0.2) is 45.0 Å². The topological polar surface area (TPSA) is 68.2 Å². The van der Waals surface area contributed by atoms with Crippen molar-refractivity contribution < 1.29 is 9.53 Å². The van der Waals surface area contributed by atoms with Gasteiger partial charge >= 0.3 is 0 Å². The predicted molar refractivity (Wildman–Crippen MR) is 129 cm³/mol. The summed E-state index contributed by atoms with van der Waals surface area (Å²) in [5, 5.41) is 1.51. The Labute approximate surface area is 207 Å². The number of carbonyl (C=O) groups excluding carboxylic acids is 1. The summed E-state index contributed by atoms with van der Waals surface area (Å²) >= 11 is 18.4. The number of hydrogen-bond acceptors (Lipinski definition) is 5. The van der Waals surface area contributed by atoms with Crippen LogP contribution in [0.3, 0.4) is 0 Å². The molecule has 0 saturated carbocycles. The lowest BCUT2D eigenvalue weighted by Crippen LogP contribution is -2.32. The SMILES string of the molecule is Cc1ncc(C(=O)N2C[C@@H]([C@H](C)Oc3ccc(Cl)cn3)[C@@H](c3ccc(Cl)c(Cl)c3)C2)c(C)n1. The Bertz CT molecular complexity index is 1170. The van der Waals surface area contributed by atoms with E-state index in [2.05, 4.69) is 15.0 Å². The Kier molecular flexibility index (Phi) is 7.07. The van der Waals surface area contributed by atoms with Gasteiger partial charge in [-0.1, -0.05) is 40.9 Å². The first-order valence-electron chi connectivity index (χ1n) is 10.6. The minimum absolute atomic E-state index is 0.00214. The molecule has 9 heteroatoms. The molecule has 0 radical (unpaired) electrons. The normalized spacial score (nSPS) is 18.9. The van der Waals surface area contributed by atoms with E-state index in [-0.39, 0.29) is 23.8 Å². The van der Waals surface area contributed by atoms with E-state index in [4.69, 9.17) is 39.5 Å². The molecular weight excluding hydrogens is 483 g/mol. The van der Waals surface area contributed by atoms with E-state index in [0.717, 1.165) is 5.56 Å². The quantitative estimate of drug-likeness (QED) is 0.440. The Balaban J connectivity index is 1.63. The van der Waals surface area contributed by atoms with Crippen LogP contribution in [-0.2, 0) is 0 Å². The van der Waals surface area contributed by atoms with Crippen LogP contribution < -0.4 is 4.74 Å². The van der Waals surface area contributed by atoms with Gasteiger partial charge in [-0.25, -0.2) is 15.0 Å². The van der Waals surface area contributed by atoms with E-state index in [1.807, 2.05) is 30.9 Å². The minimum Gasteiger partial charge on any atom is -0.474 e. The standard InChI is InChI=1S/C24H23Cl3N4O2/c1-13-18(10-28-15(3)30-13)24(32)31-11-19(14(2)33-23-7-5-17(25)9-29-23)20(12-31)16-4-6-21(26)22(27)8-16/h4-10,14,19-20H,11-12H2,1-3H3/t14-,19-,20+/m0/s1. The highest BCUT2D eigenvalue weighted by molar-refractivity contribution is 6.42. The van der Waals surface area contributed by atoms with Gasteiger partial charge in [0.2, 0.25) is 5.88 Å². The highest BCUT2D eigenvalue weighted by Crippen LogP contribution is 2.38. The number of rotatable bonds is 5. The largest absolute Gasteiger partial charge is 0.474 e. The van der Waals surface area contributed by atoms with Crippen molar-refractivity contribution in [3.8, 4) is 5.88 Å². The molecule has 0 N–H and O–H groups in total. The van der Waals surface area contributed by atoms with Crippen molar-refractivity contribution in [3.63, 3.8) is 0 Å². The van der Waals surface area contributed by atoms with Gasteiger partial charge in [-0.05, 0) is 44.5 Å². The molecule has 1 aliphatic rings. The fourth-order valence-electron chi connectivity index (χ4n) is 4.24. The smallest absolute Gasteiger partial charge is 0.257 e. The molecule has 3 atom stereocenters. The molecular formula is C24H23Cl3N4O2. The molecule has 1 aliphatic heterocycles. The van der Waals surface area contributed by atoms with Gasteiger partial charge in [-0.2, -0.15) is 0 Å². The van der Waals surface area contributed by atoms with Gasteiger partial charge in [0.15, 0.2) is 0 Å². The lowest BCUT2D eigenvalue weighted by atomic mass is 9.86. The molecule has 3 heterocycles. The summed E-state index contributed by atoms with van der Waals surface area (Å²) in [5.74, 6) is 1.01. The number of aromatic nitrogens is 3. The van der Waals surface area contributed by atoms with Gasteiger partial charge in [0.05, 0.1) is 26.3 Å². The molecule has 2 aromatic heterocycles. The van der Waals surface area contributed by atoms with Gasteiger partial charge in [0, 0.05) is 43.4 Å². The molecule has 0 spiro atoms. The van der Waals surface area contributed by atoms with Crippen LogP contribution in [0, 0.1) is 19.8 Å². The second-order valence-electron chi connectivity index (χ2n) is 8.21. The summed E-state index contributed by atoms with van der Waals surface area (Å²) in [6.45, 7) is 6.63. The Morgan fingerprint density at radius 1 is 1.06 bits per heavy atom. The van der Waals surface area contributed by atoms with Crippen molar-refractivity contribution in [1.82, 2.24) is 19.9 Å². The molecule has 0 aliphatic carbocycles.